The van der Waals surface area contributed by atoms with Gasteiger partial charge in [0.05, 0.1) is 101 Å². The van der Waals surface area contributed by atoms with Gasteiger partial charge in [-0.25, -0.2) is 23.1 Å². The van der Waals surface area contributed by atoms with E-state index in [0.29, 0.717) is 84.7 Å². The molecule has 2 N–H and O–H groups in total. The lowest BCUT2D eigenvalue weighted by molar-refractivity contribution is -0.129. The zero-order valence-electron chi connectivity index (χ0n) is 69.3. The van der Waals surface area contributed by atoms with Crippen molar-refractivity contribution >= 4 is 87.9 Å². The summed E-state index contributed by atoms with van der Waals surface area (Å²) in [7, 11) is 7.37. The number of methoxy groups -OCH3 is 2. The van der Waals surface area contributed by atoms with Crippen LogP contribution in [0.4, 0.5) is 13.2 Å². The molecule has 0 spiro atoms. The fourth-order valence-electron chi connectivity index (χ4n) is 12.5. The first-order valence-corrected chi connectivity index (χ1v) is 41.8. The van der Waals surface area contributed by atoms with Crippen molar-refractivity contribution in [2.24, 2.45) is 20.0 Å². The Kier molecular flexibility index (Phi) is 32.3. The second-order valence-corrected chi connectivity index (χ2v) is 32.3. The minimum absolute atomic E-state index is 0.0593. The molecule has 3 aromatic carbocycles. The number of fused-ring (bicyclic) bond motifs is 3. The van der Waals surface area contributed by atoms with Crippen LogP contribution in [0.25, 0.3) is 51.9 Å². The van der Waals surface area contributed by atoms with Crippen molar-refractivity contribution in [1.29, 1.82) is 0 Å². The number of ether oxygens (including phenoxy) is 5. The summed E-state index contributed by atoms with van der Waals surface area (Å²) in [5.74, 6) is 4.84. The molecule has 24 nitrogen and oxygen atoms in total. The van der Waals surface area contributed by atoms with Gasteiger partial charge in [0.2, 0.25) is 5.91 Å². The molecule has 11 heterocycles. The number of thiophene rings is 3. The summed E-state index contributed by atoms with van der Waals surface area (Å²) in [6.07, 6.45) is 15.8. The highest BCUT2D eigenvalue weighted by Crippen LogP contribution is 2.42. The molecule has 0 saturated heterocycles. The van der Waals surface area contributed by atoms with E-state index >= 15 is 0 Å². The van der Waals surface area contributed by atoms with Crippen LogP contribution in [0.3, 0.4) is 0 Å². The summed E-state index contributed by atoms with van der Waals surface area (Å²) >= 11 is 4.56. The molecule has 120 heavy (non-hydrogen) atoms. The number of hydrogen-bond acceptors (Lipinski definition) is 24. The molecule has 1 aliphatic carbocycles. The van der Waals surface area contributed by atoms with E-state index in [2.05, 4.69) is 62.3 Å². The van der Waals surface area contributed by atoms with Crippen molar-refractivity contribution < 1.29 is 65.1 Å². The second kappa shape index (κ2) is 43.5. The summed E-state index contributed by atoms with van der Waals surface area (Å²) in [4.78, 5) is 78.4. The number of nitrogens with one attached hydrogen (secondary N) is 2. The Balaban J connectivity index is 0.000000157. The summed E-state index contributed by atoms with van der Waals surface area (Å²) in [5, 5.41) is 14.1. The van der Waals surface area contributed by atoms with Crippen molar-refractivity contribution in [3.8, 4) is 55.8 Å². The number of ketones is 3. The Morgan fingerprint density at radius 2 is 1.02 bits per heavy atom. The van der Waals surface area contributed by atoms with Crippen LogP contribution in [0.15, 0.2) is 161 Å². The fraction of sp³-hybridized carbons (Fsp3) is 0.333. The number of benzene rings is 3. The van der Waals surface area contributed by atoms with Gasteiger partial charge in [-0.1, -0.05) is 48.4 Å². The maximum atomic E-state index is 15.0. The minimum Gasteiger partial charge on any atom is -0.453 e. The van der Waals surface area contributed by atoms with Gasteiger partial charge >= 0.3 is 0 Å². The maximum absolute atomic E-state index is 15.0. The van der Waals surface area contributed by atoms with Gasteiger partial charge in [-0.15, -0.1) is 34.0 Å². The number of hydrogen-bond donors (Lipinski definition) is 2. The van der Waals surface area contributed by atoms with Gasteiger partial charge in [-0.05, 0) is 143 Å². The van der Waals surface area contributed by atoms with Crippen LogP contribution < -0.4 is 24.8 Å². The zero-order valence-corrected chi connectivity index (χ0v) is 71.8. The normalized spacial score (nSPS) is 11.6. The first-order chi connectivity index (χ1) is 57.9. The van der Waals surface area contributed by atoms with Gasteiger partial charge in [0.1, 0.15) is 57.8 Å². The first-order valence-electron chi connectivity index (χ1n) is 39.4. The quantitative estimate of drug-likeness (QED) is 0.0361. The Morgan fingerprint density at radius 3 is 1.51 bits per heavy atom. The molecule has 15 rings (SSSR count). The number of carbonyl (C=O) groups is 4. The lowest BCUT2D eigenvalue weighted by atomic mass is 10.0. The van der Waals surface area contributed by atoms with E-state index < -0.39 is 17.5 Å². The van der Waals surface area contributed by atoms with Crippen LogP contribution in [-0.2, 0) is 88.1 Å². The smallest absolute Gasteiger partial charge is 0.219 e. The summed E-state index contributed by atoms with van der Waals surface area (Å²) in [6.45, 7) is 20.7. The van der Waals surface area contributed by atoms with Crippen LogP contribution >= 0.6 is 34.0 Å². The molecule has 11 aromatic heterocycles. The molecule has 0 bridgehead atoms. The molecule has 628 valence electrons. The number of aromatic nitrogens is 10. The van der Waals surface area contributed by atoms with E-state index in [0.717, 1.165) is 143 Å². The highest BCUT2D eigenvalue weighted by Gasteiger charge is 2.25. The molecule has 0 unspecified atom stereocenters. The number of carbonyl (C=O) groups excluding carboxylic acids is 4. The van der Waals surface area contributed by atoms with Crippen LogP contribution in [0.5, 0.6) is 34.5 Å². The van der Waals surface area contributed by atoms with Crippen molar-refractivity contribution in [1.82, 2.24) is 64.9 Å². The third-order valence-electron chi connectivity index (χ3n) is 19.1. The summed E-state index contributed by atoms with van der Waals surface area (Å²) in [5.41, 5.74) is 9.79. The van der Waals surface area contributed by atoms with E-state index in [4.69, 9.17) is 32.7 Å². The number of halogens is 3. The van der Waals surface area contributed by atoms with Gasteiger partial charge in [0.15, 0.2) is 34.7 Å². The number of imidazole rings is 2. The lowest BCUT2D eigenvalue weighted by Crippen LogP contribution is -2.28. The molecular formula is C90H98F3N13O11S3. The van der Waals surface area contributed by atoms with Crippen LogP contribution in [0, 0.1) is 58.0 Å². The van der Waals surface area contributed by atoms with E-state index in [-0.39, 0.29) is 59.8 Å². The monoisotopic (exact) mass is 1690 g/mol. The Labute approximate surface area is 706 Å². The highest BCUT2D eigenvalue weighted by molar-refractivity contribution is 7.23. The standard InChI is InChI=1S/C28H28FN5O4S.C25H24FN3O2S.C20H18FNO2S.C9H17N3O.C8H11NO2/c1-17-10-19(33-38-17)13-21(35)11-18-4-5-24(22(29)12-18)37-25-6-7-31-23-14-26(39-27(23)25)28-32-16-20(34(28)2)15-30-8-9-36-3;1-4-11-29(17(3)30)15-18-6-7-20(28-14-18)24-13-21-25(32-24)23(9-10-27-21)31-22-8-5-16(2)12-19(22)26;1-12-8-17-20(25-12)19(6-7-22-17)24-18-5-4-14(11-16(18)21)10-15(23)9-13-2-3-13;1-8-11-7-9(12(8)2)6-10-4-5-13-3;1-3-8(10)5-7-4-6(2)11-9-7/h4-7,10,12,14,16,30H,8-9,11,13,15H2,1-3H3;5-10,12-14H,4,11,15H2,1-3H3;4-8,11,13H,2-3,9-10H2,1H3;7,10H,4-6H2,1-3H3;4H,3,5H2,1-2H3. The van der Waals surface area contributed by atoms with Gasteiger partial charge in [-0.2, -0.15) is 0 Å². The van der Waals surface area contributed by atoms with Crippen LogP contribution in [0.1, 0.15) is 120 Å². The highest BCUT2D eigenvalue weighted by atomic mass is 32.1. The molecule has 0 atom stereocenters. The van der Waals surface area contributed by atoms with Gasteiger partial charge in [-0.3, -0.25) is 39.1 Å². The van der Waals surface area contributed by atoms with Crippen molar-refractivity contribution in [3.63, 3.8) is 0 Å². The zero-order chi connectivity index (χ0) is 85.4. The average molecular weight is 1690 g/mol. The number of rotatable bonds is 33. The maximum Gasteiger partial charge on any atom is 0.219 e. The molecule has 30 heteroatoms. The van der Waals surface area contributed by atoms with E-state index in [1.165, 1.54) is 46.6 Å². The third-order valence-corrected chi connectivity index (χ3v) is 22.5. The molecule has 0 aliphatic heterocycles. The topological polar surface area (TPSA) is 281 Å². The van der Waals surface area contributed by atoms with E-state index in [1.54, 1.807) is 125 Å². The van der Waals surface area contributed by atoms with Crippen LogP contribution in [-0.4, -0.2) is 125 Å². The molecular weight excluding hydrogens is 1590 g/mol. The Morgan fingerprint density at radius 1 is 0.525 bits per heavy atom. The summed E-state index contributed by atoms with van der Waals surface area (Å²) < 4.78 is 87.8. The predicted molar refractivity (Wildman–Crippen MR) is 460 cm³/mol. The van der Waals surface area contributed by atoms with Gasteiger partial charge < -0.3 is 57.4 Å². The third kappa shape index (κ3) is 25.5. The number of amides is 1. The van der Waals surface area contributed by atoms with Crippen molar-refractivity contribution in [3.05, 3.63) is 237 Å². The Bertz CT molecular complexity index is 5790. The minimum atomic E-state index is -0.547. The molecule has 1 fully saturated rings. The predicted octanol–water partition coefficient (Wildman–Crippen LogP) is 18.8. The largest absolute Gasteiger partial charge is 0.453 e. The molecule has 0 radical (unpaired) electrons. The number of Topliss-reactive ketones (excluding diaryl/α,β-unsaturated/α-hetero) is 3. The average Bonchev–Trinajstić information content (AvgIpc) is 1.64. The number of aryl methyl sites for hydroxylation is 5. The lowest BCUT2D eigenvalue weighted by Gasteiger charge is -2.20. The first kappa shape index (κ1) is 89.3. The van der Waals surface area contributed by atoms with Gasteiger partial charge in [0.25, 0.3) is 0 Å². The Hall–Kier alpha value is -11.5. The van der Waals surface area contributed by atoms with E-state index in [1.807, 2.05) is 107 Å². The fourth-order valence-corrected chi connectivity index (χ4v) is 15.5. The summed E-state index contributed by atoms with van der Waals surface area (Å²) in [6, 6.07) is 32.8. The molecule has 1 amide bonds. The molecule has 14 aromatic rings. The van der Waals surface area contributed by atoms with Crippen molar-refractivity contribution in [2.75, 3.05) is 47.1 Å². The SMILES string of the molecule is CCC(=O)Cc1cc(C)on1.CCCN(Cc1ccc(-c2cc3nccc(Oc4ccc(C)cc4F)c3s2)nc1)C(C)=O.COCCNCc1cnc(-c2cc3nccc(Oc4ccc(CC(=O)Cc5cc(C)on5)cc4F)c3s2)n1C.COCCNCc1cnc(C)n1C.Cc1cc2nccc(Oc3ccc(CC(=O)CC4CC4)cc3F)c2s1. The number of nitrogens with zero attached hydrogens (tertiary/aromatic N) is 11. The second-order valence-electron chi connectivity index (χ2n) is 28.9. The molecule has 1 saturated carbocycles. The van der Waals surface area contributed by atoms with Gasteiger partial charge in [0, 0.05) is 166 Å². The van der Waals surface area contributed by atoms with E-state index in [9.17, 15) is 32.3 Å². The van der Waals surface area contributed by atoms with Crippen molar-refractivity contribution in [2.45, 2.75) is 133 Å². The van der Waals surface area contributed by atoms with Crippen LogP contribution in [0.2, 0.25) is 0 Å². The number of pyridine rings is 4. The molecule has 1 aliphatic rings.